The van der Waals surface area contributed by atoms with Gasteiger partial charge in [-0.1, -0.05) is 30.2 Å². The molecule has 0 aliphatic heterocycles. The number of sulfonamides is 1. The predicted octanol–water partition coefficient (Wildman–Crippen LogP) is 5.43. The van der Waals surface area contributed by atoms with Crippen molar-refractivity contribution in [3.63, 3.8) is 0 Å². The molecule has 1 saturated carbocycles. The highest BCUT2D eigenvalue weighted by molar-refractivity contribution is 7.91. The molecule has 3 rings (SSSR count). The van der Waals surface area contributed by atoms with Crippen LogP contribution in [0.2, 0.25) is 5.02 Å². The van der Waals surface area contributed by atoms with E-state index in [0.29, 0.717) is 11.6 Å². The molecule has 1 aliphatic rings. The second-order valence-electron chi connectivity index (χ2n) is 10.1. The van der Waals surface area contributed by atoms with E-state index in [2.05, 4.69) is 5.32 Å². The van der Waals surface area contributed by atoms with Gasteiger partial charge in [-0.25, -0.2) is 0 Å². The Kier molecular flexibility index (Phi) is 8.45. The van der Waals surface area contributed by atoms with Crippen molar-refractivity contribution in [2.45, 2.75) is 76.0 Å². The highest BCUT2D eigenvalue weighted by Gasteiger charge is 2.47. The van der Waals surface area contributed by atoms with Crippen LogP contribution >= 0.6 is 11.6 Å². The lowest BCUT2D eigenvalue weighted by atomic mass is 9.94. The third kappa shape index (κ3) is 6.19. The van der Waals surface area contributed by atoms with E-state index in [9.17, 15) is 13.2 Å². The van der Waals surface area contributed by atoms with E-state index in [0.717, 1.165) is 43.4 Å². The fourth-order valence-corrected chi connectivity index (χ4v) is 6.59. The minimum atomic E-state index is -3.73. The maximum atomic E-state index is 14.0. The molecule has 1 fully saturated rings. The number of hydrogen-bond donors (Lipinski definition) is 1. The monoisotopic (exact) mass is 507 g/mol. The summed E-state index contributed by atoms with van der Waals surface area (Å²) in [5.41, 5.74) is 1.18. The molecule has 1 aliphatic carbocycles. The number of halogens is 1. The molecule has 186 valence electrons. The molecule has 6 nitrogen and oxygen atoms in total. The van der Waals surface area contributed by atoms with Gasteiger partial charge in [0.15, 0.2) is 0 Å². The lowest BCUT2D eigenvalue weighted by molar-refractivity contribution is -0.153. The molecule has 2 aromatic carbocycles. The summed E-state index contributed by atoms with van der Waals surface area (Å²) in [5, 5.41) is 3.60. The summed E-state index contributed by atoms with van der Waals surface area (Å²) in [6.45, 7) is 6.10. The Bertz CT molecular complexity index is 1070. The zero-order valence-corrected chi connectivity index (χ0v) is 22.1. The number of hydrogen-bond acceptors (Lipinski definition) is 5. The first-order valence-electron chi connectivity index (χ1n) is 11.8. The topological polar surface area (TPSA) is 72.5 Å². The van der Waals surface area contributed by atoms with E-state index < -0.39 is 15.6 Å². The quantitative estimate of drug-likeness (QED) is 0.381. The van der Waals surface area contributed by atoms with Gasteiger partial charge in [0.1, 0.15) is 22.2 Å². The van der Waals surface area contributed by atoms with E-state index in [-0.39, 0.29) is 27.3 Å². The molecule has 0 radical (unpaired) electrons. The third-order valence-corrected chi connectivity index (χ3v) is 8.98. The highest BCUT2D eigenvalue weighted by Crippen LogP contribution is 2.39. The predicted molar refractivity (Wildman–Crippen MR) is 137 cm³/mol. The van der Waals surface area contributed by atoms with Crippen LogP contribution in [0.3, 0.4) is 0 Å². The molecule has 0 amide bonds. The van der Waals surface area contributed by atoms with Gasteiger partial charge in [-0.3, -0.25) is 4.79 Å². The highest BCUT2D eigenvalue weighted by atomic mass is 35.5. The van der Waals surface area contributed by atoms with Gasteiger partial charge in [0, 0.05) is 36.5 Å². The van der Waals surface area contributed by atoms with Crippen LogP contribution in [-0.4, -0.2) is 39.6 Å². The van der Waals surface area contributed by atoms with Gasteiger partial charge in [0.05, 0.1) is 13.6 Å². The second-order valence-corrected chi connectivity index (χ2v) is 12.7. The van der Waals surface area contributed by atoms with Crippen LogP contribution in [0.1, 0.15) is 58.4 Å². The van der Waals surface area contributed by atoms with E-state index >= 15 is 0 Å². The number of esters is 1. The summed E-state index contributed by atoms with van der Waals surface area (Å²) in [5.74, 6) is -0.306. The van der Waals surface area contributed by atoms with Gasteiger partial charge in [-0.15, -0.1) is 0 Å². The summed E-state index contributed by atoms with van der Waals surface area (Å²) >= 11 is 6.02. The van der Waals surface area contributed by atoms with Crippen LogP contribution in [0.25, 0.3) is 0 Å². The standard InChI is InChI=1S/C26H36ClN2O4S/c1-26(2,3)33-25(30)19-28-18-20-10-14-23(15-11-20)29(4,22-8-6-5-7-9-22)34(31,32)24-16-12-21(27)13-17-24/h10-17,22,28H,5-9,18-19H2,1-4H3/q+1. The van der Waals surface area contributed by atoms with Crippen molar-refractivity contribution >= 4 is 33.3 Å². The lowest BCUT2D eigenvalue weighted by Crippen LogP contribution is -2.58. The van der Waals surface area contributed by atoms with Crippen LogP contribution in [0.5, 0.6) is 0 Å². The van der Waals surface area contributed by atoms with E-state index in [1.807, 2.05) is 52.1 Å². The minimum Gasteiger partial charge on any atom is -0.459 e. The summed E-state index contributed by atoms with van der Waals surface area (Å²) in [6, 6.07) is 14.0. The van der Waals surface area contributed by atoms with Gasteiger partial charge < -0.3 is 10.1 Å². The minimum absolute atomic E-state index is 0.0226. The summed E-state index contributed by atoms with van der Waals surface area (Å²) in [7, 11) is -1.91. The van der Waals surface area contributed by atoms with Gasteiger partial charge in [0.25, 0.3) is 0 Å². The van der Waals surface area contributed by atoms with Crippen molar-refractivity contribution in [2.75, 3.05) is 13.6 Å². The molecule has 0 saturated heterocycles. The molecule has 0 aromatic heterocycles. The SMILES string of the molecule is CC(C)(C)OC(=O)CNCc1ccc([N+](C)(C2CCCCC2)S(=O)(=O)c2ccc(Cl)cc2)cc1. The van der Waals surface area contributed by atoms with Gasteiger partial charge in [-0.2, -0.15) is 12.3 Å². The molecule has 8 heteroatoms. The molecule has 34 heavy (non-hydrogen) atoms. The van der Waals surface area contributed by atoms with E-state index in [4.69, 9.17) is 16.3 Å². The first-order chi connectivity index (χ1) is 15.9. The normalized spacial score (nSPS) is 17.2. The van der Waals surface area contributed by atoms with E-state index in [1.165, 1.54) is 0 Å². The average Bonchev–Trinajstić information content (AvgIpc) is 2.78. The molecular weight excluding hydrogens is 472 g/mol. The second kappa shape index (κ2) is 10.8. The fraction of sp³-hybridized carbons (Fsp3) is 0.500. The van der Waals surface area contributed by atoms with Crippen molar-refractivity contribution in [3.8, 4) is 0 Å². The molecule has 0 heterocycles. The number of carbonyl (C=O) groups is 1. The maximum Gasteiger partial charge on any atom is 0.332 e. The van der Waals surface area contributed by atoms with Crippen molar-refractivity contribution in [2.24, 2.45) is 0 Å². The van der Waals surface area contributed by atoms with E-state index in [1.54, 1.807) is 24.3 Å². The number of nitrogens with one attached hydrogen (secondary N) is 1. The number of benzene rings is 2. The summed E-state index contributed by atoms with van der Waals surface area (Å²) in [6.07, 6.45) is 4.92. The molecule has 1 unspecified atom stereocenters. The molecule has 0 bridgehead atoms. The largest absolute Gasteiger partial charge is 0.459 e. The number of nitrogens with zero attached hydrogens (tertiary/aromatic N) is 1. The molecular formula is C26H36ClN2O4S+. The molecule has 1 N–H and O–H groups in total. The smallest absolute Gasteiger partial charge is 0.332 e. The number of quaternary nitrogens is 1. The molecule has 0 spiro atoms. The van der Waals surface area contributed by atoms with Gasteiger partial charge in [-0.05, 0) is 63.4 Å². The number of carbonyl (C=O) groups excluding carboxylic acids is 1. The van der Waals surface area contributed by atoms with Crippen LogP contribution < -0.4 is 9.21 Å². The van der Waals surface area contributed by atoms with Crippen molar-refractivity contribution < 1.29 is 17.9 Å². The zero-order chi connectivity index (χ0) is 25.0. The lowest BCUT2D eigenvalue weighted by Gasteiger charge is -2.41. The fourth-order valence-electron chi connectivity index (χ4n) is 4.54. The Hall–Kier alpha value is -1.93. The maximum absolute atomic E-state index is 14.0. The third-order valence-electron chi connectivity index (χ3n) is 6.35. The van der Waals surface area contributed by atoms with Crippen LogP contribution in [-0.2, 0) is 26.1 Å². The molecule has 2 aromatic rings. The number of ether oxygens (including phenoxy) is 1. The van der Waals surface area contributed by atoms with Crippen molar-refractivity contribution in [1.82, 2.24) is 9.21 Å². The van der Waals surface area contributed by atoms with Crippen molar-refractivity contribution in [1.29, 1.82) is 0 Å². The Morgan fingerprint density at radius 3 is 2.18 bits per heavy atom. The first kappa shape index (κ1) is 26.7. The Labute approximate surface area is 208 Å². The van der Waals surface area contributed by atoms with Gasteiger partial charge >= 0.3 is 16.0 Å². The summed E-state index contributed by atoms with van der Waals surface area (Å²) < 4.78 is 33.1. The van der Waals surface area contributed by atoms with Crippen molar-refractivity contribution in [3.05, 3.63) is 59.1 Å². The Balaban J connectivity index is 1.83. The Morgan fingerprint density at radius 2 is 1.62 bits per heavy atom. The zero-order valence-electron chi connectivity index (χ0n) is 20.5. The first-order valence-corrected chi connectivity index (χ1v) is 13.6. The van der Waals surface area contributed by atoms with Gasteiger partial charge in [0.2, 0.25) is 0 Å². The van der Waals surface area contributed by atoms with Crippen LogP contribution in [0.4, 0.5) is 5.69 Å². The molecule has 1 atom stereocenters. The Morgan fingerprint density at radius 1 is 1.03 bits per heavy atom. The summed E-state index contributed by atoms with van der Waals surface area (Å²) in [4.78, 5) is 12.2. The number of rotatable bonds is 8. The van der Waals surface area contributed by atoms with Crippen LogP contribution in [0, 0.1) is 0 Å². The average molecular weight is 508 g/mol. The van der Waals surface area contributed by atoms with Crippen LogP contribution in [0.15, 0.2) is 53.4 Å².